The van der Waals surface area contributed by atoms with Gasteiger partial charge in [-0.25, -0.2) is 4.39 Å². The molecule has 19 heavy (non-hydrogen) atoms. The van der Waals surface area contributed by atoms with Crippen LogP contribution in [-0.2, 0) is 6.42 Å². The number of hydrogen-bond donors (Lipinski definition) is 0. The Morgan fingerprint density at radius 1 is 1.16 bits per heavy atom. The van der Waals surface area contributed by atoms with Gasteiger partial charge >= 0.3 is 0 Å². The fourth-order valence-corrected chi connectivity index (χ4v) is 1.89. The highest BCUT2D eigenvalue weighted by molar-refractivity contribution is 5.27. The molecule has 0 heterocycles. The summed E-state index contributed by atoms with van der Waals surface area (Å²) in [5.41, 5.74) is 3.63. The van der Waals surface area contributed by atoms with E-state index in [1.807, 2.05) is 19.1 Å². The van der Waals surface area contributed by atoms with Gasteiger partial charge in [0.2, 0.25) is 0 Å². The molecular formula is C18H23F. The van der Waals surface area contributed by atoms with Crippen LogP contribution in [0.15, 0.2) is 60.2 Å². The van der Waals surface area contributed by atoms with Gasteiger partial charge in [0.05, 0.1) is 0 Å². The maximum atomic E-state index is 12.8. The Morgan fingerprint density at radius 2 is 1.84 bits per heavy atom. The molecule has 1 heteroatoms. The normalized spacial score (nSPS) is 12.1. The third-order valence-electron chi connectivity index (χ3n) is 3.09. The van der Waals surface area contributed by atoms with E-state index in [9.17, 15) is 4.39 Å². The van der Waals surface area contributed by atoms with E-state index in [-0.39, 0.29) is 5.82 Å². The van der Waals surface area contributed by atoms with Gasteiger partial charge in [-0.2, -0.15) is 0 Å². The van der Waals surface area contributed by atoms with Gasteiger partial charge in [-0.05, 0) is 43.9 Å². The topological polar surface area (TPSA) is 0 Å². The average molecular weight is 258 g/mol. The van der Waals surface area contributed by atoms with Gasteiger partial charge in [0.25, 0.3) is 0 Å². The van der Waals surface area contributed by atoms with Gasteiger partial charge in [-0.3, -0.25) is 0 Å². The molecule has 1 rings (SSSR count). The smallest absolute Gasteiger partial charge is 0.123 e. The average Bonchev–Trinajstić information content (AvgIpc) is 2.41. The summed E-state index contributed by atoms with van der Waals surface area (Å²) in [5.74, 6) is -0.175. The minimum Gasteiger partial charge on any atom is -0.207 e. The predicted octanol–water partition coefficient (Wildman–Crippen LogP) is 5.62. The number of benzene rings is 1. The molecule has 0 saturated carbocycles. The summed E-state index contributed by atoms with van der Waals surface area (Å²) in [6, 6.07) is 6.73. The first-order chi connectivity index (χ1) is 9.15. The van der Waals surface area contributed by atoms with E-state index < -0.39 is 0 Å². The third-order valence-corrected chi connectivity index (χ3v) is 3.09. The van der Waals surface area contributed by atoms with E-state index in [1.165, 1.54) is 28.8 Å². The van der Waals surface area contributed by atoms with Crippen molar-refractivity contribution in [3.63, 3.8) is 0 Å². The van der Waals surface area contributed by atoms with Crippen LogP contribution in [0.5, 0.6) is 0 Å². The lowest BCUT2D eigenvalue weighted by atomic mass is 10.0. The van der Waals surface area contributed by atoms with Crippen LogP contribution in [-0.4, -0.2) is 0 Å². The first kappa shape index (κ1) is 15.4. The Balaban J connectivity index is 2.49. The molecule has 0 spiro atoms. The zero-order chi connectivity index (χ0) is 14.1. The van der Waals surface area contributed by atoms with Crippen molar-refractivity contribution < 1.29 is 4.39 Å². The van der Waals surface area contributed by atoms with Gasteiger partial charge < -0.3 is 0 Å². The van der Waals surface area contributed by atoms with E-state index in [0.717, 1.165) is 25.7 Å². The molecule has 0 atom stereocenters. The summed E-state index contributed by atoms with van der Waals surface area (Å²) in [7, 11) is 0. The van der Waals surface area contributed by atoms with E-state index in [1.54, 1.807) is 0 Å². The predicted molar refractivity (Wildman–Crippen MR) is 81.7 cm³/mol. The molecule has 0 aliphatic heterocycles. The van der Waals surface area contributed by atoms with Gasteiger partial charge in [0.1, 0.15) is 5.82 Å². The lowest BCUT2D eigenvalue weighted by molar-refractivity contribution is 0.627. The molecule has 0 aromatic heterocycles. The third kappa shape index (κ3) is 6.19. The van der Waals surface area contributed by atoms with Crippen LogP contribution in [0.4, 0.5) is 4.39 Å². The van der Waals surface area contributed by atoms with Crippen LogP contribution in [0.25, 0.3) is 0 Å². The minimum atomic E-state index is -0.175. The highest BCUT2D eigenvalue weighted by Crippen LogP contribution is 2.13. The Morgan fingerprint density at radius 3 is 2.42 bits per heavy atom. The second-order valence-electron chi connectivity index (χ2n) is 4.73. The second kappa shape index (κ2) is 8.47. The van der Waals surface area contributed by atoms with Crippen molar-refractivity contribution in [2.75, 3.05) is 0 Å². The molecule has 0 unspecified atom stereocenters. The molecule has 0 bridgehead atoms. The standard InChI is InChI=1S/C18H23F/c1-4-6-15(3)7-8-16(5-2)9-10-17-11-13-18(19)14-12-17/h5,7-8,11-14H,3-4,6,9-10H2,1-2H3/b8-7-,16-5+. The summed E-state index contributed by atoms with van der Waals surface area (Å²) in [5, 5.41) is 0. The molecule has 0 aliphatic rings. The lowest BCUT2D eigenvalue weighted by Crippen LogP contribution is -1.88. The minimum absolute atomic E-state index is 0.175. The number of aryl methyl sites for hydroxylation is 1. The fraction of sp³-hybridized carbons (Fsp3) is 0.333. The van der Waals surface area contributed by atoms with Gasteiger partial charge in [-0.15, -0.1) is 0 Å². The summed E-state index contributed by atoms with van der Waals surface area (Å²) < 4.78 is 12.8. The monoisotopic (exact) mass is 258 g/mol. The van der Waals surface area contributed by atoms with Crippen LogP contribution < -0.4 is 0 Å². The molecule has 0 N–H and O–H groups in total. The Labute approximate surface area is 116 Å². The highest BCUT2D eigenvalue weighted by atomic mass is 19.1. The van der Waals surface area contributed by atoms with Crippen LogP contribution in [0, 0.1) is 5.82 Å². The molecular weight excluding hydrogens is 235 g/mol. The maximum Gasteiger partial charge on any atom is 0.123 e. The van der Waals surface area contributed by atoms with Crippen molar-refractivity contribution >= 4 is 0 Å². The largest absolute Gasteiger partial charge is 0.207 e. The quantitative estimate of drug-likeness (QED) is 0.557. The maximum absolute atomic E-state index is 12.8. The molecule has 102 valence electrons. The molecule has 0 aliphatic carbocycles. The van der Waals surface area contributed by atoms with E-state index >= 15 is 0 Å². The Kier molecular flexibility index (Phi) is 6.88. The SMILES string of the molecule is C=C(/C=C\C(=C/C)CCc1ccc(F)cc1)CCC. The summed E-state index contributed by atoms with van der Waals surface area (Å²) in [4.78, 5) is 0. The first-order valence-electron chi connectivity index (χ1n) is 6.91. The van der Waals surface area contributed by atoms with Gasteiger partial charge in [-0.1, -0.05) is 61.4 Å². The van der Waals surface area contributed by atoms with Crippen molar-refractivity contribution in [2.24, 2.45) is 0 Å². The number of halogens is 1. The molecule has 0 fully saturated rings. The number of hydrogen-bond acceptors (Lipinski definition) is 0. The molecule has 0 amide bonds. The second-order valence-corrected chi connectivity index (χ2v) is 4.73. The number of rotatable bonds is 7. The van der Waals surface area contributed by atoms with E-state index in [0.29, 0.717) is 0 Å². The lowest BCUT2D eigenvalue weighted by Gasteiger charge is -2.03. The van der Waals surface area contributed by atoms with E-state index in [2.05, 4.69) is 31.7 Å². The van der Waals surface area contributed by atoms with Gasteiger partial charge in [0, 0.05) is 0 Å². The molecule has 1 aromatic rings. The Hall–Kier alpha value is -1.63. The van der Waals surface area contributed by atoms with Crippen molar-refractivity contribution in [3.8, 4) is 0 Å². The fourth-order valence-electron chi connectivity index (χ4n) is 1.89. The van der Waals surface area contributed by atoms with Crippen molar-refractivity contribution in [3.05, 3.63) is 71.6 Å². The van der Waals surface area contributed by atoms with Crippen LogP contribution >= 0.6 is 0 Å². The molecule has 0 radical (unpaired) electrons. The van der Waals surface area contributed by atoms with Gasteiger partial charge in [0.15, 0.2) is 0 Å². The zero-order valence-electron chi connectivity index (χ0n) is 12.0. The summed E-state index contributed by atoms with van der Waals surface area (Å²) in [6.07, 6.45) is 10.4. The Bertz CT molecular complexity index is 449. The van der Waals surface area contributed by atoms with Crippen molar-refractivity contribution in [1.29, 1.82) is 0 Å². The van der Waals surface area contributed by atoms with E-state index in [4.69, 9.17) is 0 Å². The molecule has 1 aromatic carbocycles. The zero-order valence-corrected chi connectivity index (χ0v) is 12.0. The number of allylic oxidation sites excluding steroid dienone is 5. The summed E-state index contributed by atoms with van der Waals surface area (Å²) in [6.45, 7) is 8.23. The molecule has 0 saturated heterocycles. The van der Waals surface area contributed by atoms with Crippen LogP contribution in [0.2, 0.25) is 0 Å². The first-order valence-corrected chi connectivity index (χ1v) is 6.91. The van der Waals surface area contributed by atoms with Crippen LogP contribution in [0.3, 0.4) is 0 Å². The van der Waals surface area contributed by atoms with Crippen LogP contribution in [0.1, 0.15) is 38.7 Å². The molecule has 0 nitrogen and oxygen atoms in total. The van der Waals surface area contributed by atoms with Crippen molar-refractivity contribution in [1.82, 2.24) is 0 Å². The van der Waals surface area contributed by atoms with Crippen molar-refractivity contribution in [2.45, 2.75) is 39.5 Å². The summed E-state index contributed by atoms with van der Waals surface area (Å²) >= 11 is 0. The highest BCUT2D eigenvalue weighted by Gasteiger charge is 1.97.